The summed E-state index contributed by atoms with van der Waals surface area (Å²) in [4.78, 5) is 11.0. The minimum absolute atomic E-state index is 0.845. The molecule has 0 unspecified atom stereocenters. The van der Waals surface area contributed by atoms with Crippen molar-refractivity contribution in [3.05, 3.63) is 29.8 Å². The van der Waals surface area contributed by atoms with E-state index in [4.69, 9.17) is 0 Å². The highest BCUT2D eigenvalue weighted by atomic mass is 15.3. The second-order valence-electron chi connectivity index (χ2n) is 4.77. The van der Waals surface area contributed by atoms with Crippen molar-refractivity contribution in [2.45, 2.75) is 26.7 Å². The molecule has 3 rings (SSSR count). The number of aryl methyl sites for hydroxylation is 2. The van der Waals surface area contributed by atoms with Crippen LogP contribution in [0.4, 0.5) is 5.82 Å². The van der Waals surface area contributed by atoms with Gasteiger partial charge in [-0.25, -0.2) is 14.6 Å². The van der Waals surface area contributed by atoms with E-state index >= 15 is 0 Å². The van der Waals surface area contributed by atoms with Crippen LogP contribution in [-0.2, 0) is 0 Å². The summed E-state index contributed by atoms with van der Waals surface area (Å²) in [7, 11) is 0. The molecule has 5 heteroatoms. The second kappa shape index (κ2) is 4.40. The molecule has 2 aromatic rings. The summed E-state index contributed by atoms with van der Waals surface area (Å²) < 4.78 is 1.87. The molecular weight excluding hydrogens is 226 g/mol. The molecule has 5 nitrogen and oxygen atoms in total. The van der Waals surface area contributed by atoms with Crippen LogP contribution in [0.3, 0.4) is 0 Å². The molecular formula is C13H17N5. The van der Waals surface area contributed by atoms with E-state index in [0.717, 1.165) is 36.1 Å². The van der Waals surface area contributed by atoms with Crippen molar-refractivity contribution in [1.82, 2.24) is 19.7 Å². The molecule has 1 aliphatic heterocycles. The maximum atomic E-state index is 4.46. The van der Waals surface area contributed by atoms with Crippen molar-refractivity contribution >= 4 is 5.82 Å². The molecule has 18 heavy (non-hydrogen) atoms. The largest absolute Gasteiger partial charge is 0.356 e. The number of aromatic nitrogens is 4. The van der Waals surface area contributed by atoms with Crippen LogP contribution in [0.25, 0.3) is 5.82 Å². The molecule has 0 bridgehead atoms. The number of rotatable bonds is 2. The fourth-order valence-corrected chi connectivity index (χ4v) is 2.43. The van der Waals surface area contributed by atoms with Gasteiger partial charge in [0.2, 0.25) is 0 Å². The zero-order valence-corrected chi connectivity index (χ0v) is 10.8. The van der Waals surface area contributed by atoms with Crippen molar-refractivity contribution in [1.29, 1.82) is 0 Å². The van der Waals surface area contributed by atoms with Gasteiger partial charge in [-0.1, -0.05) is 0 Å². The summed E-state index contributed by atoms with van der Waals surface area (Å²) in [5.41, 5.74) is 2.10. The molecule has 0 amide bonds. The van der Waals surface area contributed by atoms with Gasteiger partial charge in [0.05, 0.1) is 5.69 Å². The van der Waals surface area contributed by atoms with Gasteiger partial charge < -0.3 is 4.90 Å². The van der Waals surface area contributed by atoms with E-state index < -0.39 is 0 Å². The van der Waals surface area contributed by atoms with Crippen LogP contribution < -0.4 is 4.90 Å². The number of hydrogen-bond acceptors (Lipinski definition) is 4. The second-order valence-corrected chi connectivity index (χ2v) is 4.77. The smallest absolute Gasteiger partial charge is 0.159 e. The van der Waals surface area contributed by atoms with Gasteiger partial charge in [0.15, 0.2) is 5.82 Å². The minimum atomic E-state index is 0.845. The summed E-state index contributed by atoms with van der Waals surface area (Å²) >= 11 is 0. The first-order valence-electron chi connectivity index (χ1n) is 6.35. The summed E-state index contributed by atoms with van der Waals surface area (Å²) in [5, 5.41) is 4.46. The Morgan fingerprint density at radius 1 is 1.00 bits per heavy atom. The molecule has 0 aliphatic carbocycles. The molecule has 0 saturated carbocycles. The molecule has 0 atom stereocenters. The predicted octanol–water partition coefficient (Wildman–Crippen LogP) is 1.88. The minimum Gasteiger partial charge on any atom is -0.356 e. The van der Waals surface area contributed by atoms with Gasteiger partial charge in [0, 0.05) is 24.8 Å². The van der Waals surface area contributed by atoms with E-state index in [0.29, 0.717) is 0 Å². The molecule has 2 aromatic heterocycles. The Bertz CT molecular complexity index is 554. The predicted molar refractivity (Wildman–Crippen MR) is 70.1 cm³/mol. The molecule has 1 fully saturated rings. The van der Waals surface area contributed by atoms with Crippen LogP contribution >= 0.6 is 0 Å². The Labute approximate surface area is 106 Å². The maximum absolute atomic E-state index is 4.46. The van der Waals surface area contributed by atoms with Crippen LogP contribution in [-0.4, -0.2) is 32.8 Å². The summed E-state index contributed by atoms with van der Waals surface area (Å²) in [6.45, 7) is 6.21. The summed E-state index contributed by atoms with van der Waals surface area (Å²) in [6.07, 6.45) is 4.12. The molecule has 94 valence electrons. The van der Waals surface area contributed by atoms with E-state index in [9.17, 15) is 0 Å². The molecule has 3 heterocycles. The lowest BCUT2D eigenvalue weighted by atomic mass is 10.4. The van der Waals surface area contributed by atoms with Crippen LogP contribution in [0.15, 0.2) is 18.5 Å². The van der Waals surface area contributed by atoms with Gasteiger partial charge in [0.25, 0.3) is 0 Å². The van der Waals surface area contributed by atoms with Crippen molar-refractivity contribution < 1.29 is 0 Å². The molecule has 0 spiro atoms. The summed E-state index contributed by atoms with van der Waals surface area (Å²) in [6, 6.07) is 4.07. The lowest BCUT2D eigenvalue weighted by Crippen LogP contribution is -2.19. The van der Waals surface area contributed by atoms with E-state index in [2.05, 4.69) is 26.0 Å². The van der Waals surface area contributed by atoms with Crippen molar-refractivity contribution in [2.24, 2.45) is 0 Å². The van der Waals surface area contributed by atoms with Gasteiger partial charge in [-0.2, -0.15) is 5.10 Å². The Hall–Kier alpha value is -1.91. The quantitative estimate of drug-likeness (QED) is 0.808. The zero-order valence-electron chi connectivity index (χ0n) is 10.8. The van der Waals surface area contributed by atoms with Gasteiger partial charge in [-0.05, 0) is 32.8 Å². The first kappa shape index (κ1) is 11.2. The van der Waals surface area contributed by atoms with E-state index in [1.807, 2.05) is 24.6 Å². The highest BCUT2D eigenvalue weighted by molar-refractivity contribution is 5.44. The van der Waals surface area contributed by atoms with E-state index in [1.54, 1.807) is 6.33 Å². The molecule has 1 aliphatic rings. The number of anilines is 1. The fraction of sp³-hybridized carbons (Fsp3) is 0.462. The van der Waals surface area contributed by atoms with E-state index in [-0.39, 0.29) is 0 Å². The molecule has 0 N–H and O–H groups in total. The van der Waals surface area contributed by atoms with E-state index in [1.165, 1.54) is 12.8 Å². The van der Waals surface area contributed by atoms with Crippen LogP contribution in [0, 0.1) is 13.8 Å². The first-order valence-corrected chi connectivity index (χ1v) is 6.35. The normalized spacial score (nSPS) is 15.3. The zero-order chi connectivity index (χ0) is 12.5. The van der Waals surface area contributed by atoms with Gasteiger partial charge in [0.1, 0.15) is 12.1 Å². The third-order valence-electron chi connectivity index (χ3n) is 3.29. The molecule has 0 aromatic carbocycles. The Morgan fingerprint density at radius 3 is 2.39 bits per heavy atom. The average Bonchev–Trinajstić information content (AvgIpc) is 2.99. The third kappa shape index (κ3) is 1.96. The topological polar surface area (TPSA) is 46.8 Å². The van der Waals surface area contributed by atoms with Gasteiger partial charge >= 0.3 is 0 Å². The monoisotopic (exact) mass is 243 g/mol. The van der Waals surface area contributed by atoms with Gasteiger partial charge in [-0.15, -0.1) is 0 Å². The summed E-state index contributed by atoms with van der Waals surface area (Å²) in [5.74, 6) is 1.85. The van der Waals surface area contributed by atoms with Crippen molar-refractivity contribution in [3.8, 4) is 5.82 Å². The van der Waals surface area contributed by atoms with Crippen molar-refractivity contribution in [2.75, 3.05) is 18.0 Å². The number of nitrogens with zero attached hydrogens (tertiary/aromatic N) is 5. The van der Waals surface area contributed by atoms with Crippen LogP contribution in [0.1, 0.15) is 24.2 Å². The Balaban J connectivity index is 1.97. The number of hydrogen-bond donors (Lipinski definition) is 0. The molecule has 0 radical (unpaired) electrons. The van der Waals surface area contributed by atoms with Crippen LogP contribution in [0.5, 0.6) is 0 Å². The first-order chi connectivity index (χ1) is 8.74. The Morgan fingerprint density at radius 2 is 1.72 bits per heavy atom. The van der Waals surface area contributed by atoms with Crippen molar-refractivity contribution in [3.63, 3.8) is 0 Å². The molecule has 1 saturated heterocycles. The lowest BCUT2D eigenvalue weighted by molar-refractivity contribution is 0.796. The SMILES string of the molecule is Cc1cc(C)n(-c2cc(N3CCCC3)ncn2)n1. The average molecular weight is 243 g/mol. The lowest BCUT2D eigenvalue weighted by Gasteiger charge is -2.16. The fourth-order valence-electron chi connectivity index (χ4n) is 2.43. The highest BCUT2D eigenvalue weighted by Crippen LogP contribution is 2.19. The maximum Gasteiger partial charge on any atom is 0.159 e. The standard InChI is InChI=1S/C13H17N5/c1-10-7-11(2)18(16-10)13-8-12(14-9-15-13)17-5-3-4-6-17/h7-9H,3-6H2,1-2H3. The third-order valence-corrected chi connectivity index (χ3v) is 3.29. The highest BCUT2D eigenvalue weighted by Gasteiger charge is 2.15. The van der Waals surface area contributed by atoms with Gasteiger partial charge in [-0.3, -0.25) is 0 Å². The Kier molecular flexibility index (Phi) is 2.74. The van der Waals surface area contributed by atoms with Crippen LogP contribution in [0.2, 0.25) is 0 Å².